The molecule has 0 saturated heterocycles. The fourth-order valence-corrected chi connectivity index (χ4v) is 3.98. The van der Waals surface area contributed by atoms with Crippen LogP contribution in [0, 0.1) is 0 Å². The Bertz CT molecular complexity index is 356. The van der Waals surface area contributed by atoms with Crippen molar-refractivity contribution in [1.29, 1.82) is 0 Å². The van der Waals surface area contributed by atoms with E-state index in [4.69, 9.17) is 0 Å². The molecular formula is C15H27N3S. The van der Waals surface area contributed by atoms with Crippen LogP contribution in [-0.2, 0) is 0 Å². The van der Waals surface area contributed by atoms with Gasteiger partial charge < -0.3 is 5.32 Å². The van der Waals surface area contributed by atoms with Gasteiger partial charge in [-0.1, -0.05) is 50.9 Å². The van der Waals surface area contributed by atoms with Gasteiger partial charge in [0.1, 0.15) is 10.0 Å². The molecule has 1 heterocycles. The predicted molar refractivity (Wildman–Crippen MR) is 81.7 cm³/mol. The molecule has 1 aliphatic rings. The van der Waals surface area contributed by atoms with Gasteiger partial charge in [0, 0.05) is 5.92 Å². The van der Waals surface area contributed by atoms with E-state index in [-0.39, 0.29) is 0 Å². The minimum Gasteiger partial charge on any atom is -0.308 e. The van der Waals surface area contributed by atoms with Crippen molar-refractivity contribution in [3.8, 4) is 0 Å². The molecule has 0 amide bonds. The van der Waals surface area contributed by atoms with E-state index >= 15 is 0 Å². The molecule has 1 unspecified atom stereocenters. The number of nitrogens with one attached hydrogen (secondary N) is 1. The Labute approximate surface area is 121 Å². The summed E-state index contributed by atoms with van der Waals surface area (Å²) in [5.41, 5.74) is 0. The second kappa shape index (κ2) is 7.95. The van der Waals surface area contributed by atoms with Gasteiger partial charge >= 0.3 is 0 Å². The largest absolute Gasteiger partial charge is 0.308 e. The summed E-state index contributed by atoms with van der Waals surface area (Å²) in [4.78, 5) is 0. The van der Waals surface area contributed by atoms with Gasteiger partial charge in [-0.05, 0) is 32.2 Å². The molecule has 1 aromatic heterocycles. The van der Waals surface area contributed by atoms with E-state index in [1.807, 2.05) is 11.3 Å². The molecule has 1 saturated carbocycles. The maximum absolute atomic E-state index is 4.49. The number of aromatic nitrogens is 2. The van der Waals surface area contributed by atoms with Crippen molar-refractivity contribution >= 4 is 11.3 Å². The van der Waals surface area contributed by atoms with Crippen molar-refractivity contribution in [2.45, 2.75) is 77.2 Å². The summed E-state index contributed by atoms with van der Waals surface area (Å²) in [6.45, 7) is 5.49. The van der Waals surface area contributed by atoms with Crippen LogP contribution < -0.4 is 5.32 Å². The number of hydrogen-bond acceptors (Lipinski definition) is 4. The van der Waals surface area contributed by atoms with E-state index in [2.05, 4.69) is 29.4 Å². The molecule has 0 aliphatic heterocycles. The summed E-state index contributed by atoms with van der Waals surface area (Å²) < 4.78 is 0. The molecule has 4 heteroatoms. The smallest absolute Gasteiger partial charge is 0.134 e. The first kappa shape index (κ1) is 14.9. The molecule has 1 atom stereocenters. The molecule has 1 aliphatic carbocycles. The van der Waals surface area contributed by atoms with Gasteiger partial charge in [-0.25, -0.2) is 0 Å². The summed E-state index contributed by atoms with van der Waals surface area (Å²) in [7, 11) is 0. The Morgan fingerprint density at radius 3 is 2.53 bits per heavy atom. The van der Waals surface area contributed by atoms with Gasteiger partial charge in [-0.15, -0.1) is 10.2 Å². The van der Waals surface area contributed by atoms with E-state index < -0.39 is 0 Å². The number of hydrogen-bond donors (Lipinski definition) is 1. The molecule has 1 aromatic rings. The molecule has 2 rings (SSSR count). The summed E-state index contributed by atoms with van der Waals surface area (Å²) in [5, 5.41) is 15.0. The second-order valence-electron chi connectivity index (χ2n) is 5.58. The van der Waals surface area contributed by atoms with Gasteiger partial charge in [-0.3, -0.25) is 0 Å². The van der Waals surface area contributed by atoms with Crippen molar-refractivity contribution in [2.24, 2.45) is 0 Å². The highest BCUT2D eigenvalue weighted by Gasteiger charge is 2.21. The van der Waals surface area contributed by atoms with E-state index in [1.165, 1.54) is 55.0 Å². The van der Waals surface area contributed by atoms with Gasteiger partial charge in [0.05, 0.1) is 6.04 Å². The van der Waals surface area contributed by atoms with Crippen LogP contribution in [0.3, 0.4) is 0 Å². The zero-order valence-electron chi connectivity index (χ0n) is 12.3. The standard InChI is InChI=1S/C15H27N3S/c1-3-11-16-13(4-2)15-18-17-14(19-15)12-9-7-5-6-8-10-12/h12-13,16H,3-11H2,1-2H3. The van der Waals surface area contributed by atoms with Crippen molar-refractivity contribution < 1.29 is 0 Å². The molecule has 0 aromatic carbocycles. The van der Waals surface area contributed by atoms with Gasteiger partial charge in [0.25, 0.3) is 0 Å². The van der Waals surface area contributed by atoms with Crippen LogP contribution in [-0.4, -0.2) is 16.7 Å². The van der Waals surface area contributed by atoms with E-state index in [0.29, 0.717) is 12.0 Å². The third-order valence-electron chi connectivity index (χ3n) is 4.01. The number of rotatable bonds is 6. The lowest BCUT2D eigenvalue weighted by Crippen LogP contribution is -2.21. The van der Waals surface area contributed by atoms with Crippen LogP contribution in [0.1, 0.15) is 87.2 Å². The van der Waals surface area contributed by atoms with Crippen LogP contribution in [0.15, 0.2) is 0 Å². The predicted octanol–water partition coefficient (Wildman–Crippen LogP) is 4.43. The average Bonchev–Trinajstić information content (AvgIpc) is 2.75. The molecule has 0 bridgehead atoms. The molecule has 108 valence electrons. The third kappa shape index (κ3) is 4.25. The van der Waals surface area contributed by atoms with Gasteiger partial charge in [0.15, 0.2) is 0 Å². The van der Waals surface area contributed by atoms with Crippen molar-refractivity contribution in [1.82, 2.24) is 15.5 Å². The first-order chi connectivity index (χ1) is 9.35. The van der Waals surface area contributed by atoms with Crippen molar-refractivity contribution in [2.75, 3.05) is 6.54 Å². The van der Waals surface area contributed by atoms with Crippen LogP contribution in [0.5, 0.6) is 0 Å². The summed E-state index contributed by atoms with van der Waals surface area (Å²) in [5.74, 6) is 0.678. The highest BCUT2D eigenvalue weighted by Crippen LogP contribution is 2.34. The Morgan fingerprint density at radius 1 is 1.16 bits per heavy atom. The number of nitrogens with zero attached hydrogens (tertiary/aromatic N) is 2. The topological polar surface area (TPSA) is 37.8 Å². The van der Waals surface area contributed by atoms with Gasteiger partial charge in [-0.2, -0.15) is 0 Å². The van der Waals surface area contributed by atoms with E-state index in [0.717, 1.165) is 13.0 Å². The summed E-state index contributed by atoms with van der Waals surface area (Å²) >= 11 is 1.85. The second-order valence-corrected chi connectivity index (χ2v) is 6.62. The SMILES string of the molecule is CCCNC(CC)c1nnc(C2CCCCCC2)s1. The Kier molecular flexibility index (Phi) is 6.24. The molecule has 0 spiro atoms. The maximum Gasteiger partial charge on any atom is 0.134 e. The lowest BCUT2D eigenvalue weighted by molar-refractivity contribution is 0.512. The first-order valence-corrected chi connectivity index (χ1v) is 8.73. The summed E-state index contributed by atoms with van der Waals surface area (Å²) in [6, 6.07) is 0.400. The lowest BCUT2D eigenvalue weighted by atomic mass is 10.0. The Balaban J connectivity index is 1.99. The fourth-order valence-electron chi connectivity index (χ4n) is 2.80. The van der Waals surface area contributed by atoms with Crippen molar-refractivity contribution in [3.05, 3.63) is 10.0 Å². The van der Waals surface area contributed by atoms with Crippen LogP contribution in [0.25, 0.3) is 0 Å². The lowest BCUT2D eigenvalue weighted by Gasteiger charge is -2.13. The zero-order valence-corrected chi connectivity index (χ0v) is 13.1. The molecule has 19 heavy (non-hydrogen) atoms. The normalized spacial score (nSPS) is 19.3. The maximum atomic E-state index is 4.49. The first-order valence-electron chi connectivity index (χ1n) is 7.91. The van der Waals surface area contributed by atoms with E-state index in [1.54, 1.807) is 0 Å². The zero-order chi connectivity index (χ0) is 13.5. The minimum atomic E-state index is 0.400. The minimum absolute atomic E-state index is 0.400. The third-order valence-corrected chi connectivity index (χ3v) is 5.21. The van der Waals surface area contributed by atoms with Crippen LogP contribution >= 0.6 is 11.3 Å². The fraction of sp³-hybridized carbons (Fsp3) is 0.867. The monoisotopic (exact) mass is 281 g/mol. The highest BCUT2D eigenvalue weighted by atomic mass is 32.1. The van der Waals surface area contributed by atoms with Crippen molar-refractivity contribution in [3.63, 3.8) is 0 Å². The van der Waals surface area contributed by atoms with E-state index in [9.17, 15) is 0 Å². The molecule has 0 radical (unpaired) electrons. The molecule has 1 N–H and O–H groups in total. The molecular weight excluding hydrogens is 254 g/mol. The van der Waals surface area contributed by atoms with Gasteiger partial charge in [0.2, 0.25) is 0 Å². The average molecular weight is 281 g/mol. The molecule has 3 nitrogen and oxygen atoms in total. The Morgan fingerprint density at radius 2 is 1.89 bits per heavy atom. The Hall–Kier alpha value is -0.480. The van der Waals surface area contributed by atoms with Crippen LogP contribution in [0.4, 0.5) is 0 Å². The van der Waals surface area contributed by atoms with Crippen LogP contribution in [0.2, 0.25) is 0 Å². The quantitative estimate of drug-likeness (QED) is 0.784. The molecule has 1 fully saturated rings. The highest BCUT2D eigenvalue weighted by molar-refractivity contribution is 7.11. The summed E-state index contributed by atoms with van der Waals surface area (Å²) in [6.07, 6.45) is 10.4.